The van der Waals surface area contributed by atoms with Gasteiger partial charge in [0, 0.05) is 23.7 Å². The number of nitro benzene ring substituents is 1. The molecule has 0 amide bonds. The minimum Gasteiger partial charge on any atom is -0.418 e. The smallest absolute Gasteiger partial charge is 0.418 e. The molecular formula is C7H3Cl2F2NO3. The number of hydrogen-bond acceptors (Lipinski definition) is 3. The van der Waals surface area contributed by atoms with Crippen LogP contribution >= 0.6 is 23.2 Å². The van der Waals surface area contributed by atoms with Crippen molar-refractivity contribution in [1.82, 2.24) is 0 Å². The normalized spacial score (nSPS) is 11.2. The Morgan fingerprint density at radius 1 is 1.47 bits per heavy atom. The summed E-state index contributed by atoms with van der Waals surface area (Å²) in [4.78, 5) is 9.57. The molecule has 15 heavy (non-hydrogen) atoms. The molecule has 0 aliphatic heterocycles. The molecule has 0 N–H and O–H groups in total. The maximum absolute atomic E-state index is 12.2. The molecule has 0 atom stereocenters. The number of alkyl halides is 3. The maximum Gasteiger partial charge on any atom is 0.487 e. The van der Waals surface area contributed by atoms with Gasteiger partial charge in [-0.25, -0.2) is 0 Å². The average molecular weight is 258 g/mol. The van der Waals surface area contributed by atoms with E-state index in [0.29, 0.717) is 0 Å². The van der Waals surface area contributed by atoms with Crippen molar-refractivity contribution in [2.45, 2.75) is 5.57 Å². The van der Waals surface area contributed by atoms with Gasteiger partial charge in [-0.1, -0.05) is 11.6 Å². The van der Waals surface area contributed by atoms with Gasteiger partial charge in [-0.15, -0.1) is 8.78 Å². The summed E-state index contributed by atoms with van der Waals surface area (Å²) < 4.78 is 28.3. The molecule has 82 valence electrons. The van der Waals surface area contributed by atoms with Crippen LogP contribution in [0, 0.1) is 10.1 Å². The van der Waals surface area contributed by atoms with Crippen LogP contribution in [0.5, 0.6) is 5.75 Å². The molecule has 0 radical (unpaired) electrons. The topological polar surface area (TPSA) is 52.4 Å². The van der Waals surface area contributed by atoms with Crippen LogP contribution in [0.3, 0.4) is 0 Å². The van der Waals surface area contributed by atoms with Crippen molar-refractivity contribution < 1.29 is 18.4 Å². The highest BCUT2D eigenvalue weighted by atomic mass is 35.5. The van der Waals surface area contributed by atoms with E-state index in [0.717, 1.165) is 18.2 Å². The first-order chi connectivity index (χ1) is 6.79. The second kappa shape index (κ2) is 4.16. The molecule has 8 heteroatoms. The standard InChI is InChI=1S/C7H3Cl2F2NO3/c8-5-3-4(12(13)14)1-2-6(5)15-7(9,10)11/h1-3H. The highest BCUT2D eigenvalue weighted by Gasteiger charge is 2.29. The van der Waals surface area contributed by atoms with Crippen molar-refractivity contribution in [2.24, 2.45) is 0 Å². The van der Waals surface area contributed by atoms with Crippen LogP contribution in [0.4, 0.5) is 14.5 Å². The molecule has 0 aliphatic carbocycles. The van der Waals surface area contributed by atoms with Gasteiger partial charge in [-0.3, -0.25) is 10.1 Å². The number of benzene rings is 1. The number of hydrogen-bond donors (Lipinski definition) is 0. The second-order valence-corrected chi connectivity index (χ2v) is 3.27. The molecule has 0 fully saturated rings. The van der Waals surface area contributed by atoms with E-state index in [-0.39, 0.29) is 10.7 Å². The zero-order valence-corrected chi connectivity index (χ0v) is 8.43. The molecule has 0 aromatic heterocycles. The number of nitrogens with zero attached hydrogens (tertiary/aromatic N) is 1. The molecule has 1 rings (SSSR count). The van der Waals surface area contributed by atoms with Crippen molar-refractivity contribution in [3.63, 3.8) is 0 Å². The van der Waals surface area contributed by atoms with E-state index < -0.39 is 16.2 Å². The Kier molecular flexibility index (Phi) is 3.31. The Morgan fingerprint density at radius 3 is 2.47 bits per heavy atom. The molecule has 0 heterocycles. The zero-order valence-electron chi connectivity index (χ0n) is 6.92. The van der Waals surface area contributed by atoms with Gasteiger partial charge in [0.2, 0.25) is 0 Å². The first kappa shape index (κ1) is 11.9. The third-order valence-electron chi connectivity index (χ3n) is 1.35. The van der Waals surface area contributed by atoms with E-state index in [2.05, 4.69) is 16.3 Å². The summed E-state index contributed by atoms with van der Waals surface area (Å²) in [5, 5.41) is 9.97. The lowest BCUT2D eigenvalue weighted by Crippen LogP contribution is -2.15. The number of halogens is 4. The molecule has 0 unspecified atom stereocenters. The van der Waals surface area contributed by atoms with Gasteiger partial charge in [0.1, 0.15) is 5.75 Å². The van der Waals surface area contributed by atoms with Crippen molar-refractivity contribution in [3.05, 3.63) is 33.3 Å². The Bertz CT molecular complexity index is 394. The van der Waals surface area contributed by atoms with Gasteiger partial charge >= 0.3 is 5.57 Å². The summed E-state index contributed by atoms with van der Waals surface area (Å²) in [6.07, 6.45) is 0. The van der Waals surface area contributed by atoms with Gasteiger partial charge in [0.05, 0.1) is 9.95 Å². The molecule has 0 saturated carbocycles. The van der Waals surface area contributed by atoms with Gasteiger partial charge in [0.15, 0.2) is 0 Å². The lowest BCUT2D eigenvalue weighted by Gasteiger charge is -2.11. The third kappa shape index (κ3) is 3.49. The van der Waals surface area contributed by atoms with Gasteiger partial charge < -0.3 is 4.74 Å². The summed E-state index contributed by atoms with van der Waals surface area (Å²) in [6, 6.07) is 2.81. The van der Waals surface area contributed by atoms with Gasteiger partial charge in [0.25, 0.3) is 5.69 Å². The van der Waals surface area contributed by atoms with E-state index in [1.54, 1.807) is 0 Å². The van der Waals surface area contributed by atoms with Crippen molar-refractivity contribution in [1.29, 1.82) is 0 Å². The molecule has 4 nitrogen and oxygen atoms in total. The van der Waals surface area contributed by atoms with E-state index in [1.807, 2.05) is 0 Å². The van der Waals surface area contributed by atoms with Crippen molar-refractivity contribution in [3.8, 4) is 5.75 Å². The fraction of sp³-hybridized carbons (Fsp3) is 0.143. The third-order valence-corrected chi connectivity index (χ3v) is 1.72. The van der Waals surface area contributed by atoms with Gasteiger partial charge in [-0.2, -0.15) is 0 Å². The highest BCUT2D eigenvalue weighted by molar-refractivity contribution is 6.32. The van der Waals surface area contributed by atoms with E-state index >= 15 is 0 Å². The van der Waals surface area contributed by atoms with E-state index in [1.165, 1.54) is 0 Å². The van der Waals surface area contributed by atoms with Gasteiger partial charge in [-0.05, 0) is 6.07 Å². The Balaban J connectivity index is 2.99. The minimum absolute atomic E-state index is 0.315. The Morgan fingerprint density at radius 2 is 2.07 bits per heavy atom. The summed E-state index contributed by atoms with van der Waals surface area (Å²) in [5.74, 6) is -0.428. The summed E-state index contributed by atoms with van der Waals surface area (Å²) in [6.45, 7) is 0. The number of ether oxygens (including phenoxy) is 1. The molecule has 0 bridgehead atoms. The van der Waals surface area contributed by atoms with Crippen LogP contribution < -0.4 is 4.74 Å². The minimum atomic E-state index is -3.90. The lowest BCUT2D eigenvalue weighted by atomic mass is 10.3. The summed E-state index contributed by atoms with van der Waals surface area (Å²) >= 11 is 9.95. The van der Waals surface area contributed by atoms with E-state index in [4.69, 9.17) is 11.6 Å². The summed E-state index contributed by atoms with van der Waals surface area (Å²) in [5.41, 5.74) is -4.23. The largest absolute Gasteiger partial charge is 0.487 e. The molecule has 1 aromatic rings. The molecule has 0 aliphatic rings. The molecule has 0 saturated heterocycles. The number of rotatable bonds is 3. The van der Waals surface area contributed by atoms with Crippen LogP contribution in [0.2, 0.25) is 5.02 Å². The van der Waals surface area contributed by atoms with Crippen molar-refractivity contribution >= 4 is 28.9 Å². The SMILES string of the molecule is O=[N+]([O-])c1ccc(OC(F)(F)Cl)c(Cl)c1. The fourth-order valence-electron chi connectivity index (χ4n) is 0.811. The first-order valence-electron chi connectivity index (χ1n) is 3.49. The number of non-ortho nitro benzene ring substituents is 1. The maximum atomic E-state index is 12.2. The van der Waals surface area contributed by atoms with Crippen LogP contribution in [0.15, 0.2) is 18.2 Å². The van der Waals surface area contributed by atoms with Crippen LogP contribution in [0.25, 0.3) is 0 Å². The molecule has 0 spiro atoms. The average Bonchev–Trinajstić information content (AvgIpc) is 2.05. The zero-order chi connectivity index (χ0) is 11.6. The predicted molar refractivity (Wildman–Crippen MR) is 49.5 cm³/mol. The fourth-order valence-corrected chi connectivity index (χ4v) is 1.11. The Hall–Kier alpha value is -1.14. The van der Waals surface area contributed by atoms with Crippen LogP contribution in [-0.4, -0.2) is 10.5 Å². The second-order valence-electron chi connectivity index (χ2n) is 2.42. The molecular weight excluding hydrogens is 255 g/mol. The highest BCUT2D eigenvalue weighted by Crippen LogP contribution is 2.33. The molecule has 1 aromatic carbocycles. The summed E-state index contributed by atoms with van der Waals surface area (Å²) in [7, 11) is 0. The lowest BCUT2D eigenvalue weighted by molar-refractivity contribution is -0.384. The van der Waals surface area contributed by atoms with E-state index in [9.17, 15) is 18.9 Å². The quantitative estimate of drug-likeness (QED) is 0.474. The predicted octanol–water partition coefficient (Wildman–Crippen LogP) is 3.42. The Labute approximate surface area is 92.5 Å². The first-order valence-corrected chi connectivity index (χ1v) is 4.25. The monoisotopic (exact) mass is 257 g/mol. The van der Waals surface area contributed by atoms with Crippen LogP contribution in [0.1, 0.15) is 0 Å². The number of nitro groups is 1. The van der Waals surface area contributed by atoms with Crippen molar-refractivity contribution in [2.75, 3.05) is 0 Å². The van der Waals surface area contributed by atoms with Crippen LogP contribution in [-0.2, 0) is 0 Å².